The lowest BCUT2D eigenvalue weighted by Crippen LogP contribution is -2.30. The van der Waals surface area contributed by atoms with E-state index in [1.807, 2.05) is 0 Å². The van der Waals surface area contributed by atoms with E-state index in [2.05, 4.69) is 81.5 Å². The topological polar surface area (TPSA) is 78.9 Å². The molecule has 0 bridgehead atoms. The summed E-state index contributed by atoms with van der Waals surface area (Å²) in [7, 11) is 0. The van der Waals surface area contributed by atoms with Crippen molar-refractivity contribution in [3.05, 3.63) is 60.8 Å². The van der Waals surface area contributed by atoms with E-state index in [0.29, 0.717) is 19.3 Å². The molecule has 0 aromatic carbocycles. The van der Waals surface area contributed by atoms with Crippen molar-refractivity contribution in [2.75, 3.05) is 13.2 Å². The number of unbranched alkanes of at least 4 members (excludes halogenated alkanes) is 46. The van der Waals surface area contributed by atoms with Crippen LogP contribution in [0.5, 0.6) is 0 Å². The van der Waals surface area contributed by atoms with Gasteiger partial charge in [-0.1, -0.05) is 370 Å². The van der Waals surface area contributed by atoms with Gasteiger partial charge in [0.25, 0.3) is 0 Å². The fraction of sp³-hybridized carbons (Fsp3) is 0.829. The number of carbonyl (C=O) groups excluding carboxylic acids is 3. The number of esters is 3. The number of rotatable bonds is 67. The van der Waals surface area contributed by atoms with Gasteiger partial charge in [0.05, 0.1) is 0 Å². The highest BCUT2D eigenvalue weighted by atomic mass is 16.6. The summed E-state index contributed by atoms with van der Waals surface area (Å²) >= 11 is 0. The summed E-state index contributed by atoms with van der Waals surface area (Å²) < 4.78 is 16.9. The zero-order valence-electron chi connectivity index (χ0n) is 55.0. The quantitative estimate of drug-likeness (QED) is 0.0261. The highest BCUT2D eigenvalue weighted by Crippen LogP contribution is 2.19. The molecule has 0 fully saturated rings. The molecule has 82 heavy (non-hydrogen) atoms. The molecule has 0 saturated carbocycles. The highest BCUT2D eigenvalue weighted by Gasteiger charge is 2.19. The average molecular weight is 1150 g/mol. The molecule has 0 saturated heterocycles. The minimum atomic E-state index is -0.802. The summed E-state index contributed by atoms with van der Waals surface area (Å²) in [6, 6.07) is 0. The lowest BCUT2D eigenvalue weighted by atomic mass is 10.0. The molecule has 0 aliphatic rings. The lowest BCUT2D eigenvalue weighted by Gasteiger charge is -2.18. The van der Waals surface area contributed by atoms with Crippen molar-refractivity contribution in [3.63, 3.8) is 0 Å². The first-order chi connectivity index (χ1) is 40.5. The van der Waals surface area contributed by atoms with Gasteiger partial charge in [0.2, 0.25) is 0 Å². The minimum absolute atomic E-state index is 0.0921. The number of allylic oxidation sites excluding steroid dienone is 10. The predicted octanol–water partition coefficient (Wildman–Crippen LogP) is 25.1. The van der Waals surface area contributed by atoms with Crippen LogP contribution in [0.25, 0.3) is 0 Å². The van der Waals surface area contributed by atoms with Crippen molar-refractivity contribution in [2.24, 2.45) is 0 Å². The van der Waals surface area contributed by atoms with E-state index in [-0.39, 0.29) is 37.5 Å². The molecule has 0 rings (SSSR count). The summed E-state index contributed by atoms with van der Waals surface area (Å²) in [6.45, 7) is 6.54. The molecule has 0 aromatic heterocycles. The molecule has 478 valence electrons. The Balaban J connectivity index is 4.16. The third-order valence-electron chi connectivity index (χ3n) is 16.3. The SMILES string of the molecule is CC/C=C\C/C=C\C/C=C\C/C=C\C/C=C\CCCC(=O)OC(COC(=O)CCCCCCCCCCCCCCCC)COC(=O)CCCCCCCCCCCCCCCCCCCCCCCCCCCCCCCCCCC. The lowest BCUT2D eigenvalue weighted by molar-refractivity contribution is -0.167. The Labute approximate surface area is 510 Å². The molecular weight excluding hydrogens is 1010 g/mol. The Hall–Kier alpha value is -2.89. The summed E-state index contributed by atoms with van der Waals surface area (Å²) in [4.78, 5) is 38.4. The van der Waals surface area contributed by atoms with Crippen molar-refractivity contribution >= 4 is 17.9 Å². The maximum atomic E-state index is 12.9. The molecule has 0 N–H and O–H groups in total. The van der Waals surface area contributed by atoms with E-state index in [4.69, 9.17) is 14.2 Å². The third-order valence-corrected chi connectivity index (χ3v) is 16.3. The van der Waals surface area contributed by atoms with Gasteiger partial charge in [-0.15, -0.1) is 0 Å². The van der Waals surface area contributed by atoms with Gasteiger partial charge in [0, 0.05) is 19.3 Å². The minimum Gasteiger partial charge on any atom is -0.462 e. The van der Waals surface area contributed by atoms with Crippen LogP contribution in [-0.4, -0.2) is 37.2 Å². The summed E-state index contributed by atoms with van der Waals surface area (Å²) in [6.07, 6.45) is 91.4. The number of hydrogen-bond donors (Lipinski definition) is 0. The number of carbonyl (C=O) groups is 3. The van der Waals surface area contributed by atoms with Crippen LogP contribution in [0.3, 0.4) is 0 Å². The largest absolute Gasteiger partial charge is 0.462 e. The maximum Gasteiger partial charge on any atom is 0.306 e. The van der Waals surface area contributed by atoms with Crippen LogP contribution in [0.2, 0.25) is 0 Å². The maximum absolute atomic E-state index is 12.9. The van der Waals surface area contributed by atoms with Crippen LogP contribution in [0.4, 0.5) is 0 Å². The second-order valence-corrected chi connectivity index (χ2v) is 24.5. The fourth-order valence-electron chi connectivity index (χ4n) is 10.9. The molecule has 1 unspecified atom stereocenters. The van der Waals surface area contributed by atoms with E-state index in [1.165, 1.54) is 263 Å². The fourth-order valence-corrected chi connectivity index (χ4v) is 10.9. The average Bonchev–Trinajstić information content (AvgIpc) is 3.48. The Morgan fingerprint density at radius 3 is 0.732 bits per heavy atom. The van der Waals surface area contributed by atoms with Gasteiger partial charge in [-0.05, 0) is 57.8 Å². The van der Waals surface area contributed by atoms with E-state index in [1.54, 1.807) is 0 Å². The second-order valence-electron chi connectivity index (χ2n) is 24.5. The van der Waals surface area contributed by atoms with Crippen LogP contribution in [0.1, 0.15) is 387 Å². The molecule has 0 aliphatic heterocycles. The van der Waals surface area contributed by atoms with E-state index < -0.39 is 6.10 Å². The first-order valence-corrected chi connectivity index (χ1v) is 36.3. The van der Waals surface area contributed by atoms with Crippen molar-refractivity contribution in [1.82, 2.24) is 0 Å². The Kier molecular flexibility index (Phi) is 68.1. The molecule has 6 nitrogen and oxygen atoms in total. The van der Waals surface area contributed by atoms with Crippen LogP contribution in [0.15, 0.2) is 60.8 Å². The smallest absolute Gasteiger partial charge is 0.306 e. The number of ether oxygens (including phenoxy) is 3. The van der Waals surface area contributed by atoms with E-state index in [9.17, 15) is 14.4 Å². The van der Waals surface area contributed by atoms with Crippen molar-refractivity contribution in [3.8, 4) is 0 Å². The molecule has 1 atom stereocenters. The number of hydrogen-bond acceptors (Lipinski definition) is 6. The summed E-state index contributed by atoms with van der Waals surface area (Å²) in [5, 5.41) is 0. The Morgan fingerprint density at radius 1 is 0.256 bits per heavy atom. The van der Waals surface area contributed by atoms with E-state index in [0.717, 1.165) is 77.0 Å². The second kappa shape index (κ2) is 70.6. The Bertz CT molecular complexity index is 1460. The molecular formula is C76H138O6. The first kappa shape index (κ1) is 79.1. The molecule has 0 radical (unpaired) electrons. The van der Waals surface area contributed by atoms with Gasteiger partial charge in [-0.2, -0.15) is 0 Å². The monoisotopic (exact) mass is 1150 g/mol. The van der Waals surface area contributed by atoms with Crippen molar-refractivity contribution in [2.45, 2.75) is 393 Å². The van der Waals surface area contributed by atoms with Crippen LogP contribution in [0, 0.1) is 0 Å². The zero-order valence-corrected chi connectivity index (χ0v) is 55.0. The van der Waals surface area contributed by atoms with Gasteiger partial charge in [0.15, 0.2) is 6.10 Å². The first-order valence-electron chi connectivity index (χ1n) is 36.3. The van der Waals surface area contributed by atoms with E-state index >= 15 is 0 Å². The predicted molar refractivity (Wildman–Crippen MR) is 358 cm³/mol. The van der Waals surface area contributed by atoms with Gasteiger partial charge in [0.1, 0.15) is 13.2 Å². The standard InChI is InChI=1S/C76H138O6/c1-4-7-10-13-16-19-22-25-28-30-31-32-33-34-35-36-37-38-39-40-41-42-43-44-45-47-48-51-54-57-60-63-66-69-75(78)81-72-73(71-80-74(77)68-65-62-59-56-53-50-27-24-21-18-15-12-9-6-3)82-76(79)70-67-64-61-58-55-52-49-46-29-26-23-20-17-14-11-8-5-2/h8,11,17,20,26,29,49,52,58,61,73H,4-7,9-10,12-16,18-19,21-25,27-28,30-48,50-51,53-57,59-60,62-72H2,1-3H3/b11-8-,20-17-,29-26-,52-49-,61-58-. The van der Waals surface area contributed by atoms with Gasteiger partial charge in [-0.25, -0.2) is 0 Å². The summed E-state index contributed by atoms with van der Waals surface area (Å²) in [5.41, 5.74) is 0. The van der Waals surface area contributed by atoms with Crippen LogP contribution in [-0.2, 0) is 28.6 Å². The van der Waals surface area contributed by atoms with Gasteiger partial charge in [-0.3, -0.25) is 14.4 Å². The highest BCUT2D eigenvalue weighted by molar-refractivity contribution is 5.71. The zero-order chi connectivity index (χ0) is 59.2. The van der Waals surface area contributed by atoms with Crippen LogP contribution < -0.4 is 0 Å². The molecule has 0 amide bonds. The van der Waals surface area contributed by atoms with Crippen LogP contribution >= 0.6 is 0 Å². The normalized spacial score (nSPS) is 12.4. The molecule has 6 heteroatoms. The summed E-state index contributed by atoms with van der Waals surface area (Å²) in [5.74, 6) is -0.928. The third kappa shape index (κ3) is 67.9. The van der Waals surface area contributed by atoms with Gasteiger partial charge >= 0.3 is 17.9 Å². The Morgan fingerprint density at radius 2 is 0.476 bits per heavy atom. The molecule has 0 heterocycles. The van der Waals surface area contributed by atoms with Crippen molar-refractivity contribution < 1.29 is 28.6 Å². The molecule has 0 aromatic rings. The molecule has 0 spiro atoms. The van der Waals surface area contributed by atoms with Crippen molar-refractivity contribution in [1.29, 1.82) is 0 Å². The molecule has 0 aliphatic carbocycles. The van der Waals surface area contributed by atoms with Gasteiger partial charge < -0.3 is 14.2 Å².